The van der Waals surface area contributed by atoms with Crippen LogP contribution >= 0.6 is 0 Å². The molecule has 0 aliphatic rings. The molecule has 1 aromatic carbocycles. The fourth-order valence-corrected chi connectivity index (χ4v) is 1.12. The largest absolute Gasteiger partial charge is 1.00 e. The molecule has 0 atom stereocenters. The molecule has 4 nitrogen and oxygen atoms in total. The van der Waals surface area contributed by atoms with Gasteiger partial charge in [0.05, 0.1) is 0 Å². The van der Waals surface area contributed by atoms with Crippen molar-refractivity contribution in [2.45, 2.75) is 4.90 Å². The van der Waals surface area contributed by atoms with Gasteiger partial charge in [-0.3, -0.25) is 0 Å². The Morgan fingerprint density at radius 3 is 1.92 bits per heavy atom. The molecule has 0 bridgehead atoms. The zero-order valence-corrected chi connectivity index (χ0v) is 9.30. The van der Waals surface area contributed by atoms with Crippen LogP contribution in [-0.2, 0) is 10.1 Å². The first-order valence-electron chi connectivity index (χ1n) is 2.79. The van der Waals surface area contributed by atoms with Gasteiger partial charge >= 0.3 is 39.7 Å². The van der Waals surface area contributed by atoms with E-state index in [0.29, 0.717) is 0 Å². The third-order valence-corrected chi connectivity index (χ3v) is 2.04. The minimum Gasteiger partial charge on any atom is -0.508 e. The third-order valence-electron chi connectivity index (χ3n) is 1.15. The number of hydrogen-bond acceptors (Lipinski definition) is 3. The van der Waals surface area contributed by atoms with Crippen molar-refractivity contribution >= 4 is 10.1 Å². The van der Waals surface area contributed by atoms with E-state index in [4.69, 9.17) is 9.66 Å². The van der Waals surface area contributed by atoms with Gasteiger partial charge in [0.15, 0.2) is 0 Å². The minimum absolute atomic E-state index is 0. The molecule has 0 aliphatic heterocycles. The van der Waals surface area contributed by atoms with E-state index < -0.39 is 10.1 Å². The summed E-state index contributed by atoms with van der Waals surface area (Å²) in [6.45, 7) is 0. The molecule has 0 aromatic heterocycles. The summed E-state index contributed by atoms with van der Waals surface area (Å²) in [5.74, 6) is -0.0163. The van der Waals surface area contributed by atoms with Gasteiger partial charge < -0.3 is 9.66 Å². The van der Waals surface area contributed by atoms with Crippen LogP contribution in [0.15, 0.2) is 29.2 Å². The molecule has 0 fully saturated rings. The fraction of sp³-hybridized carbons (Fsp3) is 0. The summed E-state index contributed by atoms with van der Waals surface area (Å²) in [6, 6.07) is 4.80. The van der Waals surface area contributed by atoms with Crippen molar-refractivity contribution < 1.29 is 47.6 Å². The van der Waals surface area contributed by atoms with Gasteiger partial charge in [-0.2, -0.15) is 0 Å². The van der Waals surface area contributed by atoms with Crippen LogP contribution in [0.4, 0.5) is 0 Å². The van der Waals surface area contributed by atoms with Gasteiger partial charge in [-0.15, -0.1) is 8.42 Å². The molecule has 0 heterocycles. The van der Waals surface area contributed by atoms with Crippen LogP contribution in [0, 0.1) is 0 Å². The van der Waals surface area contributed by atoms with Crippen molar-refractivity contribution in [1.82, 2.24) is 0 Å². The SMILES string of the molecule is O=S(=O)([OH2+])c1ccc(O)cc1.[Na+]. The molecule has 60 valence electrons. The van der Waals surface area contributed by atoms with Crippen LogP contribution in [0.25, 0.3) is 0 Å². The van der Waals surface area contributed by atoms with E-state index in [2.05, 4.69) is 0 Å². The predicted molar refractivity (Wildman–Crippen MR) is 38.9 cm³/mol. The van der Waals surface area contributed by atoms with E-state index in [-0.39, 0.29) is 40.2 Å². The standard InChI is InChI=1S/C6H6O4S.Na/c7-5-1-3-6(4-2-5)11(8,9)10;/h1-4,7H,(H,8,9,10);/q;+1/p+1. The number of phenols is 1. The molecule has 0 unspecified atom stereocenters. The zero-order valence-electron chi connectivity index (χ0n) is 6.48. The topological polar surface area (TPSA) is 77.3 Å². The Morgan fingerprint density at radius 1 is 1.17 bits per heavy atom. The van der Waals surface area contributed by atoms with Crippen molar-refractivity contribution in [3.8, 4) is 5.75 Å². The van der Waals surface area contributed by atoms with E-state index >= 15 is 0 Å². The first kappa shape index (κ1) is 11.9. The van der Waals surface area contributed by atoms with E-state index in [9.17, 15) is 8.42 Å². The maximum absolute atomic E-state index is 10.5. The van der Waals surface area contributed by atoms with Crippen molar-refractivity contribution in [3.63, 3.8) is 0 Å². The third kappa shape index (κ3) is 3.12. The van der Waals surface area contributed by atoms with Crippen molar-refractivity contribution in [3.05, 3.63) is 24.3 Å². The second-order valence-corrected chi connectivity index (χ2v) is 3.48. The number of aromatic hydroxyl groups is 1. The normalized spacial score (nSPS) is 10.4. The van der Waals surface area contributed by atoms with Crippen LogP contribution < -0.4 is 29.6 Å². The van der Waals surface area contributed by atoms with Gasteiger partial charge in [0.1, 0.15) is 10.6 Å². The molecule has 0 saturated heterocycles. The average Bonchev–Trinajstić information content (AvgIpc) is 1.86. The second-order valence-electron chi connectivity index (χ2n) is 2.00. The van der Waals surface area contributed by atoms with Gasteiger partial charge in [-0.1, -0.05) is 0 Å². The first-order chi connectivity index (χ1) is 5.00. The second kappa shape index (κ2) is 4.25. The molecule has 0 amide bonds. The summed E-state index contributed by atoms with van der Waals surface area (Å²) in [5.41, 5.74) is 0. The van der Waals surface area contributed by atoms with Crippen molar-refractivity contribution in [2.75, 3.05) is 0 Å². The molecule has 12 heavy (non-hydrogen) atoms. The van der Waals surface area contributed by atoms with E-state index in [0.717, 1.165) is 0 Å². The Labute approximate surface area is 92.3 Å². The van der Waals surface area contributed by atoms with Crippen LogP contribution in [0.2, 0.25) is 0 Å². The van der Waals surface area contributed by atoms with Gasteiger partial charge in [0.2, 0.25) is 0 Å². The smallest absolute Gasteiger partial charge is 0.508 e. The summed E-state index contributed by atoms with van der Waals surface area (Å²) in [4.78, 5) is -0.115. The van der Waals surface area contributed by atoms with Crippen LogP contribution in [0.1, 0.15) is 0 Å². The van der Waals surface area contributed by atoms with Crippen LogP contribution in [0.3, 0.4) is 0 Å². The Bertz CT molecular complexity index is 342. The monoisotopic (exact) mass is 198 g/mol. The molecule has 6 heteroatoms. The van der Waals surface area contributed by atoms with E-state index in [1.807, 2.05) is 0 Å². The van der Waals surface area contributed by atoms with Crippen molar-refractivity contribution in [1.29, 1.82) is 0 Å². The maximum atomic E-state index is 10.5. The summed E-state index contributed by atoms with van der Waals surface area (Å²) in [7, 11) is -3.88. The molecule has 0 aliphatic carbocycles. The van der Waals surface area contributed by atoms with E-state index in [1.54, 1.807) is 0 Å². The number of hydrogen-bond donors (Lipinski definition) is 1. The molecule has 3 N–H and O–H groups in total. The van der Waals surface area contributed by atoms with Gasteiger partial charge in [0, 0.05) is 0 Å². The molecule has 1 aromatic rings. The predicted octanol–water partition coefficient (Wildman–Crippen LogP) is -3.19. The number of phenolic OH excluding ortho intramolecular Hbond substituents is 1. The zero-order chi connectivity index (χ0) is 8.48. The molecular weight excluding hydrogens is 191 g/mol. The van der Waals surface area contributed by atoms with Gasteiger partial charge in [-0.05, 0) is 24.3 Å². The average molecular weight is 198 g/mol. The Morgan fingerprint density at radius 2 is 1.58 bits per heavy atom. The minimum atomic E-state index is -3.88. The summed E-state index contributed by atoms with van der Waals surface area (Å²) in [6.07, 6.45) is 0. The Balaban J connectivity index is 0.00000121. The summed E-state index contributed by atoms with van der Waals surface area (Å²) < 4.78 is 27.7. The first-order valence-corrected chi connectivity index (χ1v) is 4.27. The van der Waals surface area contributed by atoms with Crippen LogP contribution in [0.5, 0.6) is 5.75 Å². The summed E-state index contributed by atoms with van der Waals surface area (Å²) >= 11 is 0. The Kier molecular flexibility index (Phi) is 4.22. The maximum Gasteiger partial charge on any atom is 1.00 e. The molecule has 0 spiro atoms. The van der Waals surface area contributed by atoms with Crippen LogP contribution in [-0.4, -0.2) is 18.1 Å². The Hall–Kier alpha value is -0.0700. The molecule has 0 radical (unpaired) electrons. The fourth-order valence-electron chi connectivity index (χ4n) is 0.625. The molecular formula is C6H7NaO4S+2. The summed E-state index contributed by atoms with van der Waals surface area (Å²) in [5, 5.41) is 8.77. The number of benzene rings is 1. The van der Waals surface area contributed by atoms with Gasteiger partial charge in [-0.25, -0.2) is 0 Å². The molecule has 1 rings (SSSR count). The van der Waals surface area contributed by atoms with Crippen molar-refractivity contribution in [2.24, 2.45) is 0 Å². The molecule has 0 saturated carbocycles. The number of rotatable bonds is 1. The van der Waals surface area contributed by atoms with Gasteiger partial charge in [0.25, 0.3) is 0 Å². The van der Waals surface area contributed by atoms with E-state index in [1.165, 1.54) is 24.3 Å². The quantitative estimate of drug-likeness (QED) is 0.381.